The van der Waals surface area contributed by atoms with Crippen molar-refractivity contribution < 1.29 is 23.1 Å². The van der Waals surface area contributed by atoms with Crippen LogP contribution < -0.4 is 15.4 Å². The average Bonchev–Trinajstić information content (AvgIpc) is 3.39. The quantitative estimate of drug-likeness (QED) is 0.272. The minimum absolute atomic E-state index is 0.0929. The maximum atomic E-state index is 14.9. The number of aromatic nitrogens is 4. The molecule has 0 bridgehead atoms. The van der Waals surface area contributed by atoms with Gasteiger partial charge >= 0.3 is 0 Å². The first-order chi connectivity index (χ1) is 20.1. The van der Waals surface area contributed by atoms with Gasteiger partial charge in [0.2, 0.25) is 11.7 Å². The SMILES string of the molecule is Cc1n[nH]c(C)c1-c1ccc(NC(=O)[C@@H](NC(=O)c2ccnn2C(C)C)C2c3ccc(F)c(F)c3OCC23CC3)cc1. The fraction of sp³-hybridized carbons (Fsp3) is 0.355. The zero-order valence-corrected chi connectivity index (χ0v) is 23.8. The Hall–Kier alpha value is -4.54. The minimum Gasteiger partial charge on any atom is -0.489 e. The molecule has 11 heteroatoms. The summed E-state index contributed by atoms with van der Waals surface area (Å²) in [7, 11) is 0. The third-order valence-electron chi connectivity index (χ3n) is 8.34. The Labute approximate surface area is 241 Å². The zero-order chi connectivity index (χ0) is 29.8. The Kier molecular flexibility index (Phi) is 6.83. The van der Waals surface area contributed by atoms with Gasteiger partial charge in [-0.1, -0.05) is 18.2 Å². The van der Waals surface area contributed by atoms with Crippen LogP contribution in [0.5, 0.6) is 5.75 Å². The standard InChI is InChI=1S/C31H32F2N6O3/c1-16(2)39-23(11-14-34-39)29(40)36-27(25-21-9-10-22(32)26(33)28(21)42-15-31(25)12-13-31)30(41)35-20-7-5-19(6-8-20)24-17(3)37-38-18(24)4/h5-11,14,16,25,27H,12-13,15H2,1-4H3,(H,35,41)(H,36,40)(H,37,38)/t25?,27-/m0/s1. The van der Waals surface area contributed by atoms with E-state index in [0.29, 0.717) is 16.9 Å². The van der Waals surface area contributed by atoms with E-state index in [1.165, 1.54) is 12.3 Å². The second-order valence-corrected chi connectivity index (χ2v) is 11.5. The number of aryl methyl sites for hydroxylation is 2. The molecule has 2 aromatic heterocycles. The van der Waals surface area contributed by atoms with Gasteiger partial charge in [-0.25, -0.2) is 4.39 Å². The molecule has 3 heterocycles. The van der Waals surface area contributed by atoms with Crippen LogP contribution in [-0.2, 0) is 4.79 Å². The largest absolute Gasteiger partial charge is 0.489 e. The van der Waals surface area contributed by atoms with Crippen LogP contribution in [0, 0.1) is 30.9 Å². The van der Waals surface area contributed by atoms with Crippen LogP contribution in [-0.4, -0.2) is 44.4 Å². The number of amides is 2. The second-order valence-electron chi connectivity index (χ2n) is 11.5. The third kappa shape index (κ3) is 4.72. The van der Waals surface area contributed by atoms with E-state index in [1.807, 2.05) is 39.8 Å². The second kappa shape index (κ2) is 10.4. The van der Waals surface area contributed by atoms with E-state index >= 15 is 0 Å². The molecule has 1 spiro atoms. The molecule has 6 rings (SSSR count). The molecule has 3 N–H and O–H groups in total. The molecule has 218 valence electrons. The van der Waals surface area contributed by atoms with Crippen molar-refractivity contribution in [3.63, 3.8) is 0 Å². The molecule has 0 saturated heterocycles. The smallest absolute Gasteiger partial charge is 0.270 e. The molecule has 42 heavy (non-hydrogen) atoms. The van der Waals surface area contributed by atoms with Gasteiger partial charge in [-0.2, -0.15) is 14.6 Å². The monoisotopic (exact) mass is 574 g/mol. The van der Waals surface area contributed by atoms with Crippen molar-refractivity contribution in [3.05, 3.63) is 82.9 Å². The molecular weight excluding hydrogens is 542 g/mol. The first kappa shape index (κ1) is 27.6. The molecule has 9 nitrogen and oxygen atoms in total. The fourth-order valence-electron chi connectivity index (χ4n) is 6.06. The molecule has 1 aliphatic heterocycles. The summed E-state index contributed by atoms with van der Waals surface area (Å²) in [5.74, 6) is -3.96. The number of nitrogens with zero attached hydrogens (tertiary/aromatic N) is 3. The van der Waals surface area contributed by atoms with Crippen LogP contribution in [0.2, 0.25) is 0 Å². The highest BCUT2D eigenvalue weighted by Gasteiger charge is 2.58. The summed E-state index contributed by atoms with van der Waals surface area (Å²) in [6.07, 6.45) is 2.97. The van der Waals surface area contributed by atoms with Crippen molar-refractivity contribution in [2.24, 2.45) is 5.41 Å². The van der Waals surface area contributed by atoms with Crippen molar-refractivity contribution >= 4 is 17.5 Å². The van der Waals surface area contributed by atoms with Gasteiger partial charge in [0.15, 0.2) is 11.6 Å². The predicted octanol–water partition coefficient (Wildman–Crippen LogP) is 5.44. The number of benzene rings is 2. The fourth-order valence-corrected chi connectivity index (χ4v) is 6.06. The highest BCUT2D eigenvalue weighted by atomic mass is 19.2. The molecule has 1 unspecified atom stereocenters. The van der Waals surface area contributed by atoms with E-state index in [0.717, 1.165) is 41.4 Å². The Morgan fingerprint density at radius 3 is 2.48 bits per heavy atom. The van der Waals surface area contributed by atoms with Gasteiger partial charge < -0.3 is 15.4 Å². The van der Waals surface area contributed by atoms with Crippen molar-refractivity contribution in [1.29, 1.82) is 0 Å². The number of H-pyrrole nitrogens is 1. The van der Waals surface area contributed by atoms with Crippen LogP contribution in [0.3, 0.4) is 0 Å². The van der Waals surface area contributed by atoms with Gasteiger partial charge in [0, 0.05) is 46.1 Å². The lowest BCUT2D eigenvalue weighted by Crippen LogP contribution is -2.52. The lowest BCUT2D eigenvalue weighted by molar-refractivity contribution is -0.119. The van der Waals surface area contributed by atoms with Gasteiger partial charge in [0.1, 0.15) is 11.7 Å². The van der Waals surface area contributed by atoms with Gasteiger partial charge in [0.05, 0.1) is 12.3 Å². The van der Waals surface area contributed by atoms with Crippen molar-refractivity contribution in [2.75, 3.05) is 11.9 Å². The van der Waals surface area contributed by atoms with Crippen molar-refractivity contribution in [1.82, 2.24) is 25.3 Å². The number of anilines is 1. The van der Waals surface area contributed by atoms with Gasteiger partial charge in [0.25, 0.3) is 5.91 Å². The van der Waals surface area contributed by atoms with E-state index in [1.54, 1.807) is 22.9 Å². The van der Waals surface area contributed by atoms with Gasteiger partial charge in [-0.3, -0.25) is 19.4 Å². The summed E-state index contributed by atoms with van der Waals surface area (Å²) >= 11 is 0. The van der Waals surface area contributed by atoms with E-state index in [-0.39, 0.29) is 18.4 Å². The summed E-state index contributed by atoms with van der Waals surface area (Å²) in [6.45, 7) is 7.77. The molecule has 2 amide bonds. The van der Waals surface area contributed by atoms with Crippen LogP contribution in [0.1, 0.15) is 66.1 Å². The summed E-state index contributed by atoms with van der Waals surface area (Å²) in [6, 6.07) is 10.2. The van der Waals surface area contributed by atoms with E-state index in [2.05, 4.69) is 25.9 Å². The number of hydrogen-bond acceptors (Lipinski definition) is 5. The van der Waals surface area contributed by atoms with Gasteiger partial charge in [-0.05, 0) is 70.4 Å². The topological polar surface area (TPSA) is 114 Å². The van der Waals surface area contributed by atoms with Crippen LogP contribution in [0.25, 0.3) is 11.1 Å². The molecule has 1 fully saturated rings. The number of nitrogens with one attached hydrogen (secondary N) is 3. The molecule has 1 aliphatic carbocycles. The number of hydrogen-bond donors (Lipinski definition) is 3. The number of carbonyl (C=O) groups excluding carboxylic acids is 2. The number of rotatable bonds is 7. The number of carbonyl (C=O) groups is 2. The highest BCUT2D eigenvalue weighted by molar-refractivity contribution is 6.01. The third-order valence-corrected chi connectivity index (χ3v) is 8.34. The number of halogens is 2. The van der Waals surface area contributed by atoms with Crippen LogP contribution in [0.4, 0.5) is 14.5 Å². The Bertz CT molecular complexity index is 1650. The Morgan fingerprint density at radius 1 is 1.10 bits per heavy atom. The summed E-state index contributed by atoms with van der Waals surface area (Å²) in [4.78, 5) is 27.7. The normalized spacial score (nSPS) is 17.5. The van der Waals surface area contributed by atoms with Crippen LogP contribution in [0.15, 0.2) is 48.7 Å². The highest BCUT2D eigenvalue weighted by Crippen LogP contribution is 2.61. The van der Waals surface area contributed by atoms with Crippen LogP contribution >= 0.6 is 0 Å². The van der Waals surface area contributed by atoms with Crippen molar-refractivity contribution in [3.8, 4) is 16.9 Å². The molecule has 1 saturated carbocycles. The maximum Gasteiger partial charge on any atom is 0.270 e. The van der Waals surface area contributed by atoms with Gasteiger partial charge in [-0.15, -0.1) is 0 Å². The Balaban J connectivity index is 1.36. The number of ether oxygens (including phenoxy) is 1. The summed E-state index contributed by atoms with van der Waals surface area (Å²) in [5.41, 5.74) is 4.41. The summed E-state index contributed by atoms with van der Waals surface area (Å²) < 4.78 is 36.3. The molecule has 0 radical (unpaired) electrons. The predicted molar refractivity (Wildman–Crippen MR) is 152 cm³/mol. The Morgan fingerprint density at radius 2 is 1.83 bits per heavy atom. The number of aromatic amines is 1. The zero-order valence-electron chi connectivity index (χ0n) is 23.8. The maximum absolute atomic E-state index is 14.9. The molecule has 2 aromatic carbocycles. The minimum atomic E-state index is -1.11. The van der Waals surface area contributed by atoms with E-state index in [9.17, 15) is 18.4 Å². The van der Waals surface area contributed by atoms with E-state index in [4.69, 9.17) is 4.74 Å². The molecule has 2 atom stereocenters. The number of fused-ring (bicyclic) bond motifs is 1. The lowest BCUT2D eigenvalue weighted by atomic mass is 9.75. The average molecular weight is 575 g/mol. The first-order valence-electron chi connectivity index (χ1n) is 14.0. The summed E-state index contributed by atoms with van der Waals surface area (Å²) in [5, 5.41) is 17.3. The van der Waals surface area contributed by atoms with Crippen molar-refractivity contribution in [2.45, 2.75) is 58.5 Å². The molecule has 2 aliphatic rings. The lowest BCUT2D eigenvalue weighted by Gasteiger charge is -2.38. The molecular formula is C31H32F2N6O3. The van der Waals surface area contributed by atoms with E-state index < -0.39 is 40.8 Å². The first-order valence-corrected chi connectivity index (χ1v) is 14.0. The molecule has 4 aromatic rings.